The minimum atomic E-state index is -1.20. The molecule has 1 amide bonds. The Hall–Kier alpha value is -3.12. The van der Waals surface area contributed by atoms with Gasteiger partial charge in [-0.3, -0.25) is 9.36 Å². The molecule has 1 aliphatic carbocycles. The summed E-state index contributed by atoms with van der Waals surface area (Å²) < 4.78 is 49.4. The first-order valence-corrected chi connectivity index (χ1v) is 12.1. The maximum atomic E-state index is 14.6. The van der Waals surface area contributed by atoms with E-state index in [0.29, 0.717) is 49.9 Å². The Labute approximate surface area is 209 Å². The minimum Gasteiger partial charge on any atom is -0.378 e. The second kappa shape index (κ2) is 10.1. The molecule has 3 heterocycles. The summed E-state index contributed by atoms with van der Waals surface area (Å²) in [5.41, 5.74) is 6.23. The summed E-state index contributed by atoms with van der Waals surface area (Å²) in [6.07, 6.45) is 3.12. The van der Waals surface area contributed by atoms with Gasteiger partial charge in [0.05, 0.1) is 29.6 Å². The average molecular weight is 524 g/mol. The molecule has 1 saturated heterocycles. The minimum absolute atomic E-state index is 0.000983. The number of anilines is 3. The van der Waals surface area contributed by atoms with Gasteiger partial charge in [-0.15, -0.1) is 0 Å². The van der Waals surface area contributed by atoms with Crippen LogP contribution in [0.2, 0.25) is 5.02 Å². The number of carbonyl (C=O) groups is 1. The summed E-state index contributed by atoms with van der Waals surface area (Å²) >= 11 is 6.11. The van der Waals surface area contributed by atoms with Crippen molar-refractivity contribution in [3.63, 3.8) is 0 Å². The smallest absolute Gasteiger partial charge is 0.225 e. The molecule has 5 rings (SSSR count). The van der Waals surface area contributed by atoms with Crippen molar-refractivity contribution in [3.8, 4) is 0 Å². The lowest BCUT2D eigenvalue weighted by molar-refractivity contribution is -0.122. The van der Waals surface area contributed by atoms with E-state index in [1.54, 1.807) is 4.57 Å². The van der Waals surface area contributed by atoms with Gasteiger partial charge in [-0.1, -0.05) is 11.6 Å². The summed E-state index contributed by atoms with van der Waals surface area (Å²) in [7, 11) is 0. The first-order chi connectivity index (χ1) is 17.3. The molecule has 4 N–H and O–H groups in total. The molecule has 1 saturated carbocycles. The fraction of sp³-hybridized carbons (Fsp3) is 0.478. The first-order valence-electron chi connectivity index (χ1n) is 11.7. The van der Waals surface area contributed by atoms with Crippen LogP contribution >= 0.6 is 11.6 Å². The van der Waals surface area contributed by atoms with Gasteiger partial charge in [-0.2, -0.15) is 4.98 Å². The summed E-state index contributed by atoms with van der Waals surface area (Å²) in [6, 6.07) is 1.09. The predicted molar refractivity (Wildman–Crippen MR) is 128 cm³/mol. The van der Waals surface area contributed by atoms with Crippen LogP contribution in [0.3, 0.4) is 0 Å². The molecule has 2 aliphatic rings. The van der Waals surface area contributed by atoms with Gasteiger partial charge in [0.25, 0.3) is 0 Å². The van der Waals surface area contributed by atoms with Crippen molar-refractivity contribution in [1.82, 2.24) is 19.5 Å². The van der Waals surface area contributed by atoms with Crippen LogP contribution in [-0.2, 0) is 9.53 Å². The molecule has 1 aliphatic heterocycles. The van der Waals surface area contributed by atoms with E-state index in [0.717, 1.165) is 12.1 Å². The molecule has 0 unspecified atom stereocenters. The zero-order valence-electron chi connectivity index (χ0n) is 19.2. The third-order valence-corrected chi connectivity index (χ3v) is 7.04. The van der Waals surface area contributed by atoms with Crippen molar-refractivity contribution >= 4 is 46.3 Å². The van der Waals surface area contributed by atoms with E-state index < -0.39 is 23.8 Å². The second-order valence-electron chi connectivity index (χ2n) is 9.12. The number of hydrogen-bond acceptors (Lipinski definition) is 7. The van der Waals surface area contributed by atoms with Crippen molar-refractivity contribution in [3.05, 3.63) is 35.0 Å². The van der Waals surface area contributed by atoms with E-state index in [4.69, 9.17) is 22.1 Å². The Morgan fingerprint density at radius 3 is 2.64 bits per heavy atom. The second-order valence-corrected chi connectivity index (χ2v) is 9.52. The number of hydrogen-bond donors (Lipinski definition) is 3. The molecule has 2 fully saturated rings. The van der Waals surface area contributed by atoms with Crippen LogP contribution in [0.5, 0.6) is 0 Å². The number of aromatic nitrogens is 4. The number of ether oxygens (including phenoxy) is 1. The topological polar surface area (TPSA) is 120 Å². The third kappa shape index (κ3) is 4.92. The summed E-state index contributed by atoms with van der Waals surface area (Å²) in [6.45, 7) is 0.429. The summed E-state index contributed by atoms with van der Waals surface area (Å²) in [5, 5.41) is 5.77. The lowest BCUT2D eigenvalue weighted by atomic mass is 9.85. The molecular weight excluding hydrogens is 499 g/mol. The number of nitrogens with one attached hydrogen (secondary N) is 2. The fourth-order valence-corrected chi connectivity index (χ4v) is 5.06. The molecule has 9 nitrogen and oxygen atoms in total. The van der Waals surface area contributed by atoms with E-state index in [1.165, 1.54) is 6.20 Å². The monoisotopic (exact) mass is 523 g/mol. The summed E-state index contributed by atoms with van der Waals surface area (Å²) in [5.74, 6) is -1.78. The molecule has 1 aromatic carbocycles. The van der Waals surface area contributed by atoms with Gasteiger partial charge in [0.15, 0.2) is 11.5 Å². The molecule has 2 atom stereocenters. The Balaban J connectivity index is 1.53. The van der Waals surface area contributed by atoms with Crippen molar-refractivity contribution in [2.45, 2.75) is 50.4 Å². The predicted octanol–water partition coefficient (Wildman–Crippen LogP) is 4.26. The van der Waals surface area contributed by atoms with Crippen LogP contribution < -0.4 is 16.4 Å². The van der Waals surface area contributed by atoms with Crippen molar-refractivity contribution in [2.24, 2.45) is 11.7 Å². The number of nitrogens with zero attached hydrogens (tertiary/aromatic N) is 4. The van der Waals surface area contributed by atoms with Crippen LogP contribution in [0.15, 0.2) is 18.3 Å². The lowest BCUT2D eigenvalue weighted by Gasteiger charge is -2.29. The number of halogens is 4. The molecule has 36 heavy (non-hydrogen) atoms. The molecule has 192 valence electrons. The zero-order valence-corrected chi connectivity index (χ0v) is 19.9. The lowest BCUT2D eigenvalue weighted by Crippen LogP contribution is -2.39. The molecule has 13 heteroatoms. The normalized spacial score (nSPS) is 24.6. The average Bonchev–Trinajstić information content (AvgIpc) is 3.20. The standard InChI is InChI=1S/C23H25ClF3N7O2/c24-14-7-12(25)8-15(26)19(14)32-23-31-18-9-29-22(30-17-5-6-36-10-16(17)27)33-21(18)34(23)13-3-1-11(2-4-13)20(28)35/h7-9,11,13,16-17H,1-6,10H2,(H2,28,35)(H,31,32)(H,29,30,33)/t11-,13-,16-,17-/m1/s1. The van der Waals surface area contributed by atoms with Crippen molar-refractivity contribution in [1.29, 1.82) is 0 Å². The van der Waals surface area contributed by atoms with Crippen LogP contribution in [0.4, 0.5) is 30.8 Å². The molecule has 0 radical (unpaired) electrons. The van der Waals surface area contributed by atoms with Crippen LogP contribution in [-0.4, -0.2) is 50.9 Å². The number of carbonyl (C=O) groups excluding carboxylic acids is 1. The van der Waals surface area contributed by atoms with Crippen molar-refractivity contribution in [2.75, 3.05) is 23.8 Å². The van der Waals surface area contributed by atoms with Crippen LogP contribution in [0.1, 0.15) is 38.1 Å². The largest absolute Gasteiger partial charge is 0.378 e. The highest BCUT2D eigenvalue weighted by Crippen LogP contribution is 2.38. The van der Waals surface area contributed by atoms with Gasteiger partial charge in [0.2, 0.25) is 17.8 Å². The highest BCUT2D eigenvalue weighted by molar-refractivity contribution is 6.33. The number of fused-ring (bicyclic) bond motifs is 1. The van der Waals surface area contributed by atoms with Crippen LogP contribution in [0.25, 0.3) is 11.2 Å². The number of nitrogens with two attached hydrogens (primary N) is 1. The van der Waals surface area contributed by atoms with Gasteiger partial charge in [-0.25, -0.2) is 23.1 Å². The third-order valence-electron chi connectivity index (χ3n) is 6.74. The Morgan fingerprint density at radius 2 is 1.94 bits per heavy atom. The molecule has 2 aromatic heterocycles. The molecule has 3 aromatic rings. The van der Waals surface area contributed by atoms with E-state index in [2.05, 4.69) is 25.6 Å². The maximum Gasteiger partial charge on any atom is 0.225 e. The fourth-order valence-electron chi connectivity index (χ4n) is 4.82. The number of primary amides is 1. The Morgan fingerprint density at radius 1 is 1.17 bits per heavy atom. The Bertz CT molecular complexity index is 1260. The van der Waals surface area contributed by atoms with Gasteiger partial charge in [0, 0.05) is 24.6 Å². The number of benzene rings is 1. The first kappa shape index (κ1) is 24.6. The van der Waals surface area contributed by atoms with Gasteiger partial charge >= 0.3 is 0 Å². The van der Waals surface area contributed by atoms with E-state index in [-0.39, 0.29) is 47.1 Å². The van der Waals surface area contributed by atoms with Gasteiger partial charge in [-0.05, 0) is 38.2 Å². The van der Waals surface area contributed by atoms with Crippen LogP contribution in [0, 0.1) is 17.6 Å². The highest BCUT2D eigenvalue weighted by atomic mass is 35.5. The highest BCUT2D eigenvalue weighted by Gasteiger charge is 2.30. The van der Waals surface area contributed by atoms with E-state index in [9.17, 15) is 18.0 Å². The zero-order chi connectivity index (χ0) is 25.4. The van der Waals surface area contributed by atoms with Gasteiger partial charge < -0.3 is 21.1 Å². The molecule has 0 spiro atoms. The number of imidazole rings is 1. The molecule has 0 bridgehead atoms. The van der Waals surface area contributed by atoms with E-state index in [1.807, 2.05) is 0 Å². The Kier molecular flexibility index (Phi) is 6.89. The number of alkyl halides is 1. The SMILES string of the molecule is NC(=O)[C@H]1CC[C@H](n2c(Nc3c(F)cc(F)cc3Cl)nc3cnc(N[C@@H]4CCOC[C@H]4F)nc32)CC1. The van der Waals surface area contributed by atoms with Crippen molar-refractivity contribution < 1.29 is 22.7 Å². The maximum absolute atomic E-state index is 14.6. The number of rotatable bonds is 6. The van der Waals surface area contributed by atoms with Gasteiger partial charge in [0.1, 0.15) is 17.5 Å². The van der Waals surface area contributed by atoms with E-state index >= 15 is 0 Å². The quantitative estimate of drug-likeness (QED) is 0.441. The molecular formula is C23H25ClF3N7O2. The number of amides is 1. The summed E-state index contributed by atoms with van der Waals surface area (Å²) in [4.78, 5) is 25.1.